The van der Waals surface area contributed by atoms with Gasteiger partial charge in [-0.25, -0.2) is 0 Å². The number of hydrogen-bond donors (Lipinski definition) is 1. The van der Waals surface area contributed by atoms with Crippen LogP contribution in [0.1, 0.15) is 32.1 Å². The number of nitrogens with one attached hydrogen (secondary N) is 1. The van der Waals surface area contributed by atoms with Crippen LogP contribution in [0.15, 0.2) is 20.9 Å². The zero-order chi connectivity index (χ0) is 13.9. The summed E-state index contributed by atoms with van der Waals surface area (Å²) in [6, 6.07) is 4.83. The molecule has 2 nitrogen and oxygen atoms in total. The molecule has 5 heteroatoms. The average Bonchev–Trinajstić information content (AvgIpc) is 2.74. The molecular weight excluding hydrogens is 340 g/mol. The van der Waals surface area contributed by atoms with Crippen LogP contribution in [0.2, 0.25) is 0 Å². The molecule has 0 aliphatic carbocycles. The Kier molecular flexibility index (Phi) is 5.37. The molecule has 0 amide bonds. The summed E-state index contributed by atoms with van der Waals surface area (Å²) in [5.41, 5.74) is 0.306. The Balaban J connectivity index is 1.85. The van der Waals surface area contributed by atoms with Crippen LogP contribution < -0.4 is 5.32 Å². The molecule has 0 spiro atoms. The van der Waals surface area contributed by atoms with E-state index in [-0.39, 0.29) is 0 Å². The van der Waals surface area contributed by atoms with Gasteiger partial charge in [-0.3, -0.25) is 4.99 Å². The quantitative estimate of drug-likeness (QED) is 0.854. The van der Waals surface area contributed by atoms with E-state index in [2.05, 4.69) is 54.2 Å². The molecular formula is C14H21BrN2S2. The van der Waals surface area contributed by atoms with E-state index < -0.39 is 0 Å². The molecule has 1 aromatic rings. The predicted molar refractivity (Wildman–Crippen MR) is 91.5 cm³/mol. The maximum Gasteiger partial charge on any atom is 0.156 e. The molecule has 106 valence electrons. The molecule has 0 saturated carbocycles. The molecule has 1 aliphatic heterocycles. The lowest BCUT2D eigenvalue weighted by Crippen LogP contribution is -2.46. The van der Waals surface area contributed by atoms with Crippen LogP contribution in [0.25, 0.3) is 0 Å². The first kappa shape index (κ1) is 15.4. The van der Waals surface area contributed by atoms with Crippen LogP contribution in [0.5, 0.6) is 0 Å². The van der Waals surface area contributed by atoms with Gasteiger partial charge >= 0.3 is 0 Å². The van der Waals surface area contributed by atoms with E-state index in [1.807, 2.05) is 11.8 Å². The summed E-state index contributed by atoms with van der Waals surface area (Å²) < 4.78 is 1.20. The second-order valence-electron chi connectivity index (χ2n) is 5.84. The van der Waals surface area contributed by atoms with Crippen molar-refractivity contribution in [3.63, 3.8) is 0 Å². The van der Waals surface area contributed by atoms with E-state index in [1.54, 1.807) is 11.3 Å². The Morgan fingerprint density at radius 3 is 2.84 bits per heavy atom. The molecule has 0 radical (unpaired) electrons. The minimum absolute atomic E-state index is 0.306. The smallest absolute Gasteiger partial charge is 0.156 e. The third kappa shape index (κ3) is 4.80. The van der Waals surface area contributed by atoms with Gasteiger partial charge in [0.05, 0.1) is 3.79 Å². The number of nitrogens with zero attached hydrogens (tertiary/aromatic N) is 1. The van der Waals surface area contributed by atoms with Gasteiger partial charge in [-0.2, -0.15) is 0 Å². The summed E-state index contributed by atoms with van der Waals surface area (Å²) in [4.78, 5) is 6.10. The summed E-state index contributed by atoms with van der Waals surface area (Å²) in [5.74, 6) is 1.18. The highest BCUT2D eigenvalue weighted by Crippen LogP contribution is 2.27. The van der Waals surface area contributed by atoms with Crippen molar-refractivity contribution in [3.8, 4) is 0 Å². The number of aliphatic imine (C=N–C) groups is 1. The molecule has 0 aromatic carbocycles. The third-order valence-corrected chi connectivity index (χ3v) is 5.87. The fraction of sp³-hybridized carbons (Fsp3) is 0.643. The first-order valence-corrected chi connectivity index (χ1v) is 9.22. The van der Waals surface area contributed by atoms with Crippen LogP contribution in [-0.4, -0.2) is 23.5 Å². The Morgan fingerprint density at radius 2 is 2.21 bits per heavy atom. The van der Waals surface area contributed by atoms with Crippen LogP contribution in [0, 0.1) is 5.41 Å². The molecule has 2 rings (SSSR count). The number of halogens is 1. The van der Waals surface area contributed by atoms with E-state index in [9.17, 15) is 0 Å². The summed E-state index contributed by atoms with van der Waals surface area (Å²) in [6.07, 6.45) is 2.26. The Hall–Kier alpha value is -0.0000000000000000278. The van der Waals surface area contributed by atoms with Crippen molar-refractivity contribution < 1.29 is 0 Å². The number of amidine groups is 1. The van der Waals surface area contributed by atoms with E-state index in [4.69, 9.17) is 4.99 Å². The van der Waals surface area contributed by atoms with Gasteiger partial charge in [0.1, 0.15) is 0 Å². The van der Waals surface area contributed by atoms with E-state index in [1.165, 1.54) is 20.8 Å². The second kappa shape index (κ2) is 6.64. The lowest BCUT2D eigenvalue weighted by atomic mass is 9.85. The molecule has 2 heterocycles. The second-order valence-corrected chi connectivity index (χ2v) is 9.47. The highest BCUT2D eigenvalue weighted by atomic mass is 79.9. The summed E-state index contributed by atoms with van der Waals surface area (Å²) in [6.45, 7) is 7.75. The fourth-order valence-electron chi connectivity index (χ4n) is 2.03. The fourth-order valence-corrected chi connectivity index (χ4v) is 4.46. The number of hydrogen-bond acceptors (Lipinski definition) is 3. The normalized spacial score (nSPS) is 22.5. The highest BCUT2D eigenvalue weighted by molar-refractivity contribution is 9.11. The first-order valence-electron chi connectivity index (χ1n) is 6.63. The lowest BCUT2D eigenvalue weighted by Gasteiger charge is -2.35. The largest absolute Gasteiger partial charge is 0.362 e. The Morgan fingerprint density at radius 1 is 1.42 bits per heavy atom. The maximum absolute atomic E-state index is 4.71. The van der Waals surface area contributed by atoms with Crippen molar-refractivity contribution in [2.45, 2.75) is 39.7 Å². The van der Waals surface area contributed by atoms with Crippen molar-refractivity contribution in [2.75, 3.05) is 12.3 Å². The van der Waals surface area contributed by atoms with Gasteiger partial charge in [-0.15, -0.1) is 11.3 Å². The minimum Gasteiger partial charge on any atom is -0.362 e. The molecule has 1 aliphatic rings. The van der Waals surface area contributed by atoms with Crippen LogP contribution in [0.3, 0.4) is 0 Å². The van der Waals surface area contributed by atoms with E-state index in [0.29, 0.717) is 11.5 Å². The van der Waals surface area contributed by atoms with Crippen LogP contribution in [0.4, 0.5) is 0 Å². The molecule has 1 saturated heterocycles. The predicted octanol–water partition coefficient (Wildman–Crippen LogP) is 4.55. The first-order chi connectivity index (χ1) is 8.95. The van der Waals surface area contributed by atoms with Gasteiger partial charge in [0.15, 0.2) is 5.17 Å². The van der Waals surface area contributed by atoms with E-state index >= 15 is 0 Å². The van der Waals surface area contributed by atoms with Gasteiger partial charge in [0.2, 0.25) is 0 Å². The zero-order valence-electron chi connectivity index (χ0n) is 11.7. The maximum atomic E-state index is 4.71. The molecule has 1 fully saturated rings. The summed E-state index contributed by atoms with van der Waals surface area (Å²) in [7, 11) is 0. The third-order valence-electron chi connectivity index (χ3n) is 3.23. The van der Waals surface area contributed by atoms with Crippen LogP contribution in [-0.2, 0) is 6.42 Å². The van der Waals surface area contributed by atoms with Gasteiger partial charge in [0.25, 0.3) is 0 Å². The Labute approximate surface area is 132 Å². The number of thioether (sulfide) groups is 1. The SMILES string of the molecule is CC(C)(C)C1CCSC(=NCCc2ccc(Br)s2)N1. The molecule has 19 heavy (non-hydrogen) atoms. The standard InChI is InChI=1S/C14H21BrN2S2/c1-14(2,3)11-7-9-18-13(17-11)16-8-6-10-4-5-12(15)19-10/h4-5,11H,6-9H2,1-3H3,(H,16,17). The molecule has 1 aromatic heterocycles. The van der Waals surface area contributed by atoms with Gasteiger partial charge in [-0.05, 0) is 39.9 Å². The molecule has 1 atom stereocenters. The summed E-state index contributed by atoms with van der Waals surface area (Å²) >= 11 is 7.15. The summed E-state index contributed by atoms with van der Waals surface area (Å²) in [5, 5.41) is 4.72. The van der Waals surface area contributed by atoms with Gasteiger partial charge in [-0.1, -0.05) is 32.5 Å². The van der Waals surface area contributed by atoms with Gasteiger partial charge in [0, 0.05) is 29.6 Å². The number of thiophene rings is 1. The topological polar surface area (TPSA) is 24.4 Å². The molecule has 1 N–H and O–H groups in total. The van der Waals surface area contributed by atoms with Crippen molar-refractivity contribution in [3.05, 3.63) is 20.8 Å². The minimum atomic E-state index is 0.306. The van der Waals surface area contributed by atoms with Crippen LogP contribution >= 0.6 is 39.0 Å². The van der Waals surface area contributed by atoms with Crippen molar-refractivity contribution >= 4 is 44.2 Å². The monoisotopic (exact) mass is 360 g/mol. The Bertz CT molecular complexity index is 449. The highest BCUT2D eigenvalue weighted by Gasteiger charge is 2.28. The number of rotatable bonds is 3. The van der Waals surface area contributed by atoms with E-state index in [0.717, 1.165) is 18.1 Å². The molecule has 1 unspecified atom stereocenters. The lowest BCUT2D eigenvalue weighted by molar-refractivity contribution is 0.290. The van der Waals surface area contributed by atoms with Crippen molar-refractivity contribution in [1.29, 1.82) is 0 Å². The van der Waals surface area contributed by atoms with Crippen molar-refractivity contribution in [2.24, 2.45) is 10.4 Å². The van der Waals surface area contributed by atoms with Gasteiger partial charge < -0.3 is 5.32 Å². The average molecular weight is 361 g/mol. The zero-order valence-corrected chi connectivity index (χ0v) is 14.9. The van der Waals surface area contributed by atoms with Crippen molar-refractivity contribution in [1.82, 2.24) is 5.32 Å². The molecule has 0 bridgehead atoms.